The van der Waals surface area contributed by atoms with Gasteiger partial charge in [0.2, 0.25) is 0 Å². The molecular formula is C20H25FN2. The molecule has 2 aromatic rings. The summed E-state index contributed by atoms with van der Waals surface area (Å²) in [5.41, 5.74) is 2.21. The normalized spacial score (nSPS) is 18.4. The van der Waals surface area contributed by atoms with Gasteiger partial charge in [0.1, 0.15) is 5.82 Å². The second-order valence-electron chi connectivity index (χ2n) is 6.32. The average Bonchev–Trinajstić information content (AvgIpc) is 3.04. The second kappa shape index (κ2) is 8.23. The van der Waals surface area contributed by atoms with E-state index in [0.717, 1.165) is 44.6 Å². The molecule has 0 aliphatic carbocycles. The first-order chi connectivity index (χ1) is 11.3. The highest BCUT2D eigenvalue weighted by Crippen LogP contribution is 2.11. The fourth-order valence-electron chi connectivity index (χ4n) is 3.25. The SMILES string of the molecule is Fc1ccccc1CCN[C@@H]1CCN(CCc2ccccc2)C1. The third kappa shape index (κ3) is 4.88. The molecule has 1 saturated heterocycles. The average molecular weight is 312 g/mol. The first-order valence-electron chi connectivity index (χ1n) is 8.54. The van der Waals surface area contributed by atoms with E-state index in [0.29, 0.717) is 6.04 Å². The summed E-state index contributed by atoms with van der Waals surface area (Å²) in [5, 5.41) is 3.58. The van der Waals surface area contributed by atoms with Crippen LogP contribution in [0.3, 0.4) is 0 Å². The van der Waals surface area contributed by atoms with Crippen LogP contribution < -0.4 is 5.32 Å². The van der Waals surface area contributed by atoms with Crippen molar-refractivity contribution in [3.8, 4) is 0 Å². The van der Waals surface area contributed by atoms with Crippen molar-refractivity contribution in [1.82, 2.24) is 10.2 Å². The minimum absolute atomic E-state index is 0.0924. The Hall–Kier alpha value is -1.71. The van der Waals surface area contributed by atoms with Gasteiger partial charge in [-0.05, 0) is 49.5 Å². The molecular weight excluding hydrogens is 287 g/mol. The van der Waals surface area contributed by atoms with Crippen molar-refractivity contribution in [3.05, 3.63) is 71.5 Å². The molecule has 0 saturated carbocycles. The third-order valence-corrected chi connectivity index (χ3v) is 4.62. The summed E-state index contributed by atoms with van der Waals surface area (Å²) < 4.78 is 13.6. The molecule has 122 valence electrons. The quantitative estimate of drug-likeness (QED) is 0.844. The summed E-state index contributed by atoms with van der Waals surface area (Å²) in [4.78, 5) is 2.52. The van der Waals surface area contributed by atoms with Gasteiger partial charge in [-0.1, -0.05) is 48.5 Å². The molecule has 0 spiro atoms. The fourth-order valence-corrected chi connectivity index (χ4v) is 3.25. The van der Waals surface area contributed by atoms with Crippen LogP contribution in [0.4, 0.5) is 4.39 Å². The maximum Gasteiger partial charge on any atom is 0.126 e. The highest BCUT2D eigenvalue weighted by atomic mass is 19.1. The maximum absolute atomic E-state index is 13.6. The lowest BCUT2D eigenvalue weighted by Crippen LogP contribution is -2.34. The van der Waals surface area contributed by atoms with Crippen LogP contribution in [-0.2, 0) is 12.8 Å². The number of nitrogens with one attached hydrogen (secondary N) is 1. The molecule has 0 aromatic heterocycles. The maximum atomic E-state index is 13.6. The van der Waals surface area contributed by atoms with Crippen LogP contribution in [0.15, 0.2) is 54.6 Å². The molecule has 0 radical (unpaired) electrons. The lowest BCUT2D eigenvalue weighted by atomic mass is 10.1. The first kappa shape index (κ1) is 16.2. The van der Waals surface area contributed by atoms with E-state index in [1.807, 2.05) is 12.1 Å². The van der Waals surface area contributed by atoms with Gasteiger partial charge in [0, 0.05) is 19.1 Å². The van der Waals surface area contributed by atoms with Crippen LogP contribution in [0, 0.1) is 5.82 Å². The van der Waals surface area contributed by atoms with Crippen LogP contribution in [0.25, 0.3) is 0 Å². The van der Waals surface area contributed by atoms with E-state index in [2.05, 4.69) is 40.5 Å². The molecule has 1 aliphatic heterocycles. The Balaban J connectivity index is 1.36. The molecule has 1 atom stereocenters. The van der Waals surface area contributed by atoms with Gasteiger partial charge in [0.25, 0.3) is 0 Å². The molecule has 2 nitrogen and oxygen atoms in total. The van der Waals surface area contributed by atoms with Gasteiger partial charge in [-0.15, -0.1) is 0 Å². The zero-order valence-electron chi connectivity index (χ0n) is 13.5. The summed E-state index contributed by atoms with van der Waals surface area (Å²) in [6, 6.07) is 18.3. The Kier molecular flexibility index (Phi) is 5.78. The van der Waals surface area contributed by atoms with E-state index in [1.165, 1.54) is 18.1 Å². The number of halogens is 1. The van der Waals surface area contributed by atoms with E-state index >= 15 is 0 Å². The lowest BCUT2D eigenvalue weighted by molar-refractivity contribution is 0.332. The smallest absolute Gasteiger partial charge is 0.126 e. The minimum Gasteiger partial charge on any atom is -0.312 e. The van der Waals surface area contributed by atoms with E-state index < -0.39 is 0 Å². The number of benzene rings is 2. The van der Waals surface area contributed by atoms with Crippen molar-refractivity contribution in [2.24, 2.45) is 0 Å². The number of hydrogen-bond donors (Lipinski definition) is 1. The highest BCUT2D eigenvalue weighted by Gasteiger charge is 2.21. The van der Waals surface area contributed by atoms with Crippen molar-refractivity contribution in [2.45, 2.75) is 25.3 Å². The molecule has 1 N–H and O–H groups in total. The fraction of sp³-hybridized carbons (Fsp3) is 0.400. The Morgan fingerprint density at radius 3 is 2.61 bits per heavy atom. The molecule has 3 rings (SSSR count). The molecule has 2 aromatic carbocycles. The first-order valence-corrected chi connectivity index (χ1v) is 8.54. The standard InChI is InChI=1S/C20H25FN2/c21-20-9-5-4-8-18(20)10-13-22-19-12-15-23(16-19)14-11-17-6-2-1-3-7-17/h1-9,19,22H,10-16H2/t19-/m1/s1. The Morgan fingerprint density at radius 2 is 1.78 bits per heavy atom. The molecule has 23 heavy (non-hydrogen) atoms. The molecule has 1 fully saturated rings. The Bertz CT molecular complexity index is 600. The third-order valence-electron chi connectivity index (χ3n) is 4.62. The molecule has 1 heterocycles. The highest BCUT2D eigenvalue weighted by molar-refractivity contribution is 5.17. The molecule has 0 bridgehead atoms. The zero-order valence-corrected chi connectivity index (χ0v) is 13.5. The number of likely N-dealkylation sites (tertiary alicyclic amines) is 1. The van der Waals surface area contributed by atoms with Gasteiger partial charge in [-0.25, -0.2) is 4.39 Å². The van der Waals surface area contributed by atoms with Crippen LogP contribution >= 0.6 is 0 Å². The summed E-state index contributed by atoms with van der Waals surface area (Å²) in [6.45, 7) is 4.22. The molecule has 3 heteroatoms. The van der Waals surface area contributed by atoms with Crippen LogP contribution in [0.5, 0.6) is 0 Å². The van der Waals surface area contributed by atoms with E-state index in [4.69, 9.17) is 0 Å². The number of hydrogen-bond acceptors (Lipinski definition) is 2. The van der Waals surface area contributed by atoms with Gasteiger partial charge in [-0.2, -0.15) is 0 Å². The Labute approximate surface area is 138 Å². The van der Waals surface area contributed by atoms with Crippen molar-refractivity contribution >= 4 is 0 Å². The Morgan fingerprint density at radius 1 is 1.00 bits per heavy atom. The van der Waals surface area contributed by atoms with Crippen molar-refractivity contribution in [1.29, 1.82) is 0 Å². The topological polar surface area (TPSA) is 15.3 Å². The van der Waals surface area contributed by atoms with E-state index in [9.17, 15) is 4.39 Å². The van der Waals surface area contributed by atoms with Gasteiger partial charge >= 0.3 is 0 Å². The van der Waals surface area contributed by atoms with Gasteiger partial charge in [0.15, 0.2) is 0 Å². The molecule has 0 unspecified atom stereocenters. The van der Waals surface area contributed by atoms with E-state index in [1.54, 1.807) is 6.07 Å². The second-order valence-corrected chi connectivity index (χ2v) is 6.32. The predicted octanol–water partition coefficient (Wildman–Crippen LogP) is 3.27. The lowest BCUT2D eigenvalue weighted by Gasteiger charge is -2.17. The van der Waals surface area contributed by atoms with Gasteiger partial charge in [0.05, 0.1) is 0 Å². The number of rotatable bonds is 7. The summed E-state index contributed by atoms with van der Waals surface area (Å²) in [7, 11) is 0. The van der Waals surface area contributed by atoms with Crippen LogP contribution in [0.1, 0.15) is 17.5 Å². The zero-order chi connectivity index (χ0) is 15.9. The van der Waals surface area contributed by atoms with Crippen molar-refractivity contribution in [3.63, 3.8) is 0 Å². The van der Waals surface area contributed by atoms with E-state index in [-0.39, 0.29) is 5.82 Å². The summed E-state index contributed by atoms with van der Waals surface area (Å²) in [5.74, 6) is -0.0924. The van der Waals surface area contributed by atoms with Crippen LogP contribution in [0.2, 0.25) is 0 Å². The summed E-state index contributed by atoms with van der Waals surface area (Å²) >= 11 is 0. The van der Waals surface area contributed by atoms with Gasteiger partial charge in [-0.3, -0.25) is 0 Å². The monoisotopic (exact) mass is 312 g/mol. The molecule has 0 amide bonds. The van der Waals surface area contributed by atoms with Crippen molar-refractivity contribution < 1.29 is 4.39 Å². The van der Waals surface area contributed by atoms with Crippen LogP contribution in [-0.4, -0.2) is 37.1 Å². The molecule has 1 aliphatic rings. The minimum atomic E-state index is -0.0924. The number of nitrogens with zero attached hydrogens (tertiary/aromatic N) is 1. The van der Waals surface area contributed by atoms with Crippen molar-refractivity contribution in [2.75, 3.05) is 26.2 Å². The summed E-state index contributed by atoms with van der Waals surface area (Å²) in [6.07, 6.45) is 3.06. The largest absolute Gasteiger partial charge is 0.312 e. The predicted molar refractivity (Wildman–Crippen MR) is 93.1 cm³/mol. The van der Waals surface area contributed by atoms with Gasteiger partial charge < -0.3 is 10.2 Å².